The maximum atomic E-state index is 9.14. The van der Waals surface area contributed by atoms with E-state index < -0.39 is 0 Å². The molecule has 3 atom stereocenters. The van der Waals surface area contributed by atoms with Crippen molar-refractivity contribution in [2.45, 2.75) is 43.6 Å². The number of thioether (sulfide) groups is 1. The van der Waals surface area contributed by atoms with E-state index >= 15 is 0 Å². The van der Waals surface area contributed by atoms with Crippen molar-refractivity contribution in [3.63, 3.8) is 0 Å². The summed E-state index contributed by atoms with van der Waals surface area (Å²) in [5.41, 5.74) is 0. The fourth-order valence-electron chi connectivity index (χ4n) is 1.85. The third-order valence-corrected chi connectivity index (χ3v) is 4.14. The first-order valence-electron chi connectivity index (χ1n) is 5.76. The highest BCUT2D eigenvalue weighted by Gasteiger charge is 2.18. The first-order chi connectivity index (χ1) is 7.27. The fraction of sp³-hybridized carbons (Fsp3) is 1.00. The molecule has 2 N–H and O–H groups in total. The summed E-state index contributed by atoms with van der Waals surface area (Å²) >= 11 is 1.71. The van der Waals surface area contributed by atoms with E-state index in [4.69, 9.17) is 9.84 Å². The summed E-state index contributed by atoms with van der Waals surface area (Å²) in [6, 6.07) is 0.343. The zero-order valence-corrected chi connectivity index (χ0v) is 10.6. The minimum atomic E-state index is 0.237. The summed E-state index contributed by atoms with van der Waals surface area (Å²) in [6.45, 7) is 4.19. The SMILES string of the molecule is CSC(CO)C(C)NCC1CCCCO1. The summed E-state index contributed by atoms with van der Waals surface area (Å²) in [4.78, 5) is 0. The summed E-state index contributed by atoms with van der Waals surface area (Å²) < 4.78 is 5.64. The molecule has 1 saturated heterocycles. The molecule has 3 nitrogen and oxygen atoms in total. The van der Waals surface area contributed by atoms with Gasteiger partial charge >= 0.3 is 0 Å². The van der Waals surface area contributed by atoms with E-state index in [1.54, 1.807) is 11.8 Å². The second-order valence-corrected chi connectivity index (χ2v) is 5.22. The molecule has 4 heteroatoms. The summed E-state index contributed by atoms with van der Waals surface area (Å²) in [7, 11) is 0. The van der Waals surface area contributed by atoms with Gasteiger partial charge in [0.25, 0.3) is 0 Å². The molecular weight excluding hydrogens is 210 g/mol. The van der Waals surface area contributed by atoms with Gasteiger partial charge in [-0.15, -0.1) is 0 Å². The number of aliphatic hydroxyl groups is 1. The molecule has 0 bridgehead atoms. The van der Waals surface area contributed by atoms with Gasteiger partial charge in [-0.1, -0.05) is 0 Å². The number of nitrogens with one attached hydrogen (secondary N) is 1. The quantitative estimate of drug-likeness (QED) is 0.725. The molecule has 90 valence electrons. The number of hydrogen-bond acceptors (Lipinski definition) is 4. The second kappa shape index (κ2) is 7.49. The lowest BCUT2D eigenvalue weighted by Crippen LogP contribution is -2.42. The van der Waals surface area contributed by atoms with Crippen molar-refractivity contribution in [3.8, 4) is 0 Å². The molecule has 0 radical (unpaired) electrons. The highest BCUT2D eigenvalue weighted by Crippen LogP contribution is 2.14. The Balaban J connectivity index is 2.16. The average Bonchev–Trinajstić information content (AvgIpc) is 2.29. The maximum absolute atomic E-state index is 9.14. The largest absolute Gasteiger partial charge is 0.395 e. The van der Waals surface area contributed by atoms with E-state index in [1.807, 2.05) is 6.26 Å². The predicted octanol–water partition coefficient (Wildman–Crippen LogP) is 1.26. The molecule has 0 aromatic heterocycles. The molecular formula is C11H23NO2S. The van der Waals surface area contributed by atoms with Gasteiger partial charge in [-0.3, -0.25) is 0 Å². The molecule has 0 amide bonds. The van der Waals surface area contributed by atoms with Gasteiger partial charge in [0.05, 0.1) is 12.7 Å². The van der Waals surface area contributed by atoms with E-state index in [-0.39, 0.29) is 11.9 Å². The molecule has 1 rings (SSSR count). The van der Waals surface area contributed by atoms with E-state index in [1.165, 1.54) is 19.3 Å². The molecule has 3 unspecified atom stereocenters. The van der Waals surface area contributed by atoms with E-state index in [2.05, 4.69) is 12.2 Å². The van der Waals surface area contributed by atoms with Gasteiger partial charge in [-0.05, 0) is 32.4 Å². The van der Waals surface area contributed by atoms with Crippen LogP contribution in [0.1, 0.15) is 26.2 Å². The third-order valence-electron chi connectivity index (χ3n) is 2.98. The molecule has 1 heterocycles. The van der Waals surface area contributed by atoms with Crippen molar-refractivity contribution in [1.29, 1.82) is 0 Å². The van der Waals surface area contributed by atoms with Gasteiger partial charge < -0.3 is 15.2 Å². The normalized spacial score (nSPS) is 26.2. The van der Waals surface area contributed by atoms with Gasteiger partial charge in [-0.2, -0.15) is 11.8 Å². The van der Waals surface area contributed by atoms with Crippen LogP contribution in [0.15, 0.2) is 0 Å². The van der Waals surface area contributed by atoms with E-state index in [9.17, 15) is 0 Å². The Morgan fingerprint density at radius 3 is 2.87 bits per heavy atom. The lowest BCUT2D eigenvalue weighted by molar-refractivity contribution is 0.0154. The van der Waals surface area contributed by atoms with E-state index in [0.29, 0.717) is 12.1 Å². The smallest absolute Gasteiger partial charge is 0.0699 e. The summed E-state index contributed by atoms with van der Waals surface area (Å²) in [5, 5.41) is 12.9. The Morgan fingerprint density at radius 2 is 2.33 bits per heavy atom. The molecule has 1 aliphatic rings. The third kappa shape index (κ3) is 4.72. The number of hydrogen-bond donors (Lipinski definition) is 2. The Kier molecular flexibility index (Phi) is 6.64. The lowest BCUT2D eigenvalue weighted by atomic mass is 10.1. The van der Waals surface area contributed by atoms with Crippen molar-refractivity contribution < 1.29 is 9.84 Å². The molecule has 1 fully saturated rings. The van der Waals surface area contributed by atoms with Crippen LogP contribution in [-0.4, -0.2) is 48.5 Å². The van der Waals surface area contributed by atoms with Crippen LogP contribution in [0.2, 0.25) is 0 Å². The van der Waals surface area contributed by atoms with Crippen LogP contribution in [0.25, 0.3) is 0 Å². The molecule has 15 heavy (non-hydrogen) atoms. The summed E-state index contributed by atoms with van der Waals surface area (Å²) in [6.07, 6.45) is 6.07. The van der Waals surface area contributed by atoms with Crippen LogP contribution in [0, 0.1) is 0 Å². The zero-order chi connectivity index (χ0) is 11.1. The van der Waals surface area contributed by atoms with Gasteiger partial charge in [0.1, 0.15) is 0 Å². The maximum Gasteiger partial charge on any atom is 0.0699 e. The Labute approximate surface area is 97.0 Å². The lowest BCUT2D eigenvalue weighted by Gasteiger charge is -2.27. The van der Waals surface area contributed by atoms with Crippen LogP contribution >= 0.6 is 11.8 Å². The molecule has 0 aromatic rings. The fourth-order valence-corrected chi connectivity index (χ4v) is 2.51. The Hall–Kier alpha value is 0.230. The number of rotatable bonds is 6. The van der Waals surface area contributed by atoms with Crippen molar-refractivity contribution in [3.05, 3.63) is 0 Å². The van der Waals surface area contributed by atoms with Crippen molar-refractivity contribution in [1.82, 2.24) is 5.32 Å². The Morgan fingerprint density at radius 1 is 1.53 bits per heavy atom. The molecule has 1 aliphatic heterocycles. The second-order valence-electron chi connectivity index (χ2n) is 4.14. The van der Waals surface area contributed by atoms with Crippen LogP contribution in [0.5, 0.6) is 0 Å². The van der Waals surface area contributed by atoms with Gasteiger partial charge in [0.2, 0.25) is 0 Å². The van der Waals surface area contributed by atoms with Crippen LogP contribution in [0.3, 0.4) is 0 Å². The van der Waals surface area contributed by atoms with Crippen molar-refractivity contribution in [2.75, 3.05) is 26.0 Å². The van der Waals surface area contributed by atoms with Crippen LogP contribution < -0.4 is 5.32 Å². The van der Waals surface area contributed by atoms with Crippen molar-refractivity contribution in [2.24, 2.45) is 0 Å². The van der Waals surface area contributed by atoms with Crippen LogP contribution in [0.4, 0.5) is 0 Å². The number of aliphatic hydroxyl groups excluding tert-OH is 1. The van der Waals surface area contributed by atoms with Gasteiger partial charge in [-0.25, -0.2) is 0 Å². The first kappa shape index (κ1) is 13.3. The zero-order valence-electron chi connectivity index (χ0n) is 9.74. The highest BCUT2D eigenvalue weighted by molar-refractivity contribution is 7.99. The minimum Gasteiger partial charge on any atom is -0.395 e. The van der Waals surface area contributed by atoms with Gasteiger partial charge in [0, 0.05) is 24.4 Å². The van der Waals surface area contributed by atoms with E-state index in [0.717, 1.165) is 13.2 Å². The average molecular weight is 233 g/mol. The molecule has 0 aliphatic carbocycles. The van der Waals surface area contributed by atoms with Crippen LogP contribution in [-0.2, 0) is 4.74 Å². The summed E-state index contributed by atoms with van der Waals surface area (Å²) in [5.74, 6) is 0. The molecule has 0 saturated carbocycles. The topological polar surface area (TPSA) is 41.5 Å². The number of ether oxygens (including phenoxy) is 1. The minimum absolute atomic E-state index is 0.237. The van der Waals surface area contributed by atoms with Crippen molar-refractivity contribution >= 4 is 11.8 Å². The molecule has 0 aromatic carbocycles. The predicted molar refractivity (Wildman–Crippen MR) is 65.4 cm³/mol. The monoisotopic (exact) mass is 233 g/mol. The van der Waals surface area contributed by atoms with Gasteiger partial charge in [0.15, 0.2) is 0 Å². The Bertz CT molecular complexity index is 159. The molecule has 0 spiro atoms. The highest BCUT2D eigenvalue weighted by atomic mass is 32.2. The first-order valence-corrected chi connectivity index (χ1v) is 7.05. The standard InChI is InChI=1S/C11H23NO2S/c1-9(11(8-13)15-2)12-7-10-5-3-4-6-14-10/h9-13H,3-8H2,1-2H3.